The molecule has 0 aliphatic carbocycles. The van der Waals surface area contributed by atoms with Gasteiger partial charge in [-0.2, -0.15) is 0 Å². The Morgan fingerprint density at radius 3 is 2.64 bits per heavy atom. The molecule has 0 unspecified atom stereocenters. The molecular formula is C20H30N2O3. The Balaban J connectivity index is 2.00. The average molecular weight is 346 g/mol. The molecule has 1 amide bonds. The molecule has 5 nitrogen and oxygen atoms in total. The van der Waals surface area contributed by atoms with Crippen LogP contribution in [0.5, 0.6) is 5.75 Å². The van der Waals surface area contributed by atoms with Gasteiger partial charge in [-0.15, -0.1) is 0 Å². The molecular weight excluding hydrogens is 316 g/mol. The quantitative estimate of drug-likeness (QED) is 0.772. The van der Waals surface area contributed by atoms with Crippen molar-refractivity contribution in [3.05, 3.63) is 42.5 Å². The fourth-order valence-corrected chi connectivity index (χ4v) is 3.10. The van der Waals surface area contributed by atoms with Crippen molar-refractivity contribution in [3.63, 3.8) is 0 Å². The Bertz CT molecular complexity index is 590. The number of carbonyl (C=O) groups is 1. The summed E-state index contributed by atoms with van der Waals surface area (Å²) in [5, 5.41) is 3.06. The standard InChI is InChI=1S/C20H30N2O3/c1-6-11-24-18-10-8-7-9-17(18)19(23)21-14-20(4,5)22-12-15(2)25-16(3)13-22/h6-10,15-16H,1,11-14H2,2-5H3,(H,21,23)/t15-,16-/m1/s1. The minimum atomic E-state index is -0.154. The highest BCUT2D eigenvalue weighted by atomic mass is 16.5. The number of rotatable bonds is 7. The van der Waals surface area contributed by atoms with Crippen molar-refractivity contribution in [2.75, 3.05) is 26.2 Å². The van der Waals surface area contributed by atoms with Gasteiger partial charge in [0.25, 0.3) is 5.91 Å². The Hall–Kier alpha value is -1.85. The van der Waals surface area contributed by atoms with E-state index in [1.807, 2.05) is 12.1 Å². The number of amides is 1. The highest BCUT2D eigenvalue weighted by molar-refractivity contribution is 5.96. The summed E-state index contributed by atoms with van der Waals surface area (Å²) in [7, 11) is 0. The average Bonchev–Trinajstić information content (AvgIpc) is 2.57. The molecule has 0 saturated carbocycles. The number of hydrogen-bond acceptors (Lipinski definition) is 4. The molecule has 1 N–H and O–H groups in total. The number of hydrogen-bond donors (Lipinski definition) is 1. The number of nitrogens with zero attached hydrogens (tertiary/aromatic N) is 1. The van der Waals surface area contributed by atoms with E-state index in [0.29, 0.717) is 24.5 Å². The van der Waals surface area contributed by atoms with Crippen LogP contribution in [-0.4, -0.2) is 54.8 Å². The lowest BCUT2D eigenvalue weighted by molar-refractivity contribution is -0.0948. The first kappa shape index (κ1) is 19.5. The van der Waals surface area contributed by atoms with Gasteiger partial charge in [0.2, 0.25) is 0 Å². The van der Waals surface area contributed by atoms with Crippen LogP contribution in [0.4, 0.5) is 0 Å². The third kappa shape index (κ3) is 5.31. The van der Waals surface area contributed by atoms with Gasteiger partial charge in [-0.1, -0.05) is 24.8 Å². The zero-order valence-corrected chi connectivity index (χ0v) is 15.7. The molecule has 25 heavy (non-hydrogen) atoms. The normalized spacial score (nSPS) is 21.6. The van der Waals surface area contributed by atoms with E-state index in [1.54, 1.807) is 18.2 Å². The molecule has 2 rings (SSSR count). The minimum absolute atomic E-state index is 0.123. The van der Waals surface area contributed by atoms with Crippen molar-refractivity contribution < 1.29 is 14.3 Å². The third-order valence-electron chi connectivity index (χ3n) is 4.45. The van der Waals surface area contributed by atoms with E-state index in [-0.39, 0.29) is 23.7 Å². The maximum absolute atomic E-state index is 12.6. The number of ether oxygens (including phenoxy) is 2. The molecule has 5 heteroatoms. The van der Waals surface area contributed by atoms with Gasteiger partial charge in [-0.05, 0) is 39.8 Å². The van der Waals surface area contributed by atoms with E-state index in [1.165, 1.54) is 0 Å². The highest BCUT2D eigenvalue weighted by Gasteiger charge is 2.33. The number of carbonyl (C=O) groups excluding carboxylic acids is 1. The first-order chi connectivity index (χ1) is 11.8. The Morgan fingerprint density at radius 1 is 1.36 bits per heavy atom. The summed E-state index contributed by atoms with van der Waals surface area (Å²) in [6, 6.07) is 7.27. The maximum Gasteiger partial charge on any atom is 0.255 e. The molecule has 0 spiro atoms. The van der Waals surface area contributed by atoms with Crippen molar-refractivity contribution in [2.24, 2.45) is 0 Å². The summed E-state index contributed by atoms with van der Waals surface area (Å²) < 4.78 is 11.4. The Kier molecular flexibility index (Phi) is 6.62. The number of para-hydroxylation sites is 1. The molecule has 138 valence electrons. The molecule has 1 saturated heterocycles. The van der Waals surface area contributed by atoms with Gasteiger partial charge >= 0.3 is 0 Å². The van der Waals surface area contributed by atoms with Gasteiger partial charge < -0.3 is 14.8 Å². The highest BCUT2D eigenvalue weighted by Crippen LogP contribution is 2.22. The monoisotopic (exact) mass is 346 g/mol. The lowest BCUT2D eigenvalue weighted by Gasteiger charge is -2.45. The Morgan fingerprint density at radius 2 is 2.00 bits per heavy atom. The van der Waals surface area contributed by atoms with Gasteiger partial charge in [0, 0.05) is 25.2 Å². The fourth-order valence-electron chi connectivity index (χ4n) is 3.10. The second-order valence-corrected chi connectivity index (χ2v) is 7.25. The van der Waals surface area contributed by atoms with Crippen LogP contribution in [-0.2, 0) is 4.74 Å². The van der Waals surface area contributed by atoms with E-state index >= 15 is 0 Å². The molecule has 0 radical (unpaired) electrons. The van der Waals surface area contributed by atoms with Gasteiger partial charge in [0.1, 0.15) is 12.4 Å². The van der Waals surface area contributed by atoms with Crippen LogP contribution < -0.4 is 10.1 Å². The van der Waals surface area contributed by atoms with Crippen molar-refractivity contribution in [1.82, 2.24) is 10.2 Å². The van der Waals surface area contributed by atoms with Crippen LogP contribution >= 0.6 is 0 Å². The zero-order valence-electron chi connectivity index (χ0n) is 15.7. The molecule has 2 atom stereocenters. The van der Waals surface area contributed by atoms with Gasteiger partial charge in [-0.25, -0.2) is 0 Å². The minimum Gasteiger partial charge on any atom is -0.489 e. The molecule has 1 aliphatic heterocycles. The van der Waals surface area contributed by atoms with E-state index in [2.05, 4.69) is 44.5 Å². The van der Waals surface area contributed by atoms with Crippen LogP contribution in [0.1, 0.15) is 38.1 Å². The third-order valence-corrected chi connectivity index (χ3v) is 4.45. The summed E-state index contributed by atoms with van der Waals surface area (Å²) in [5.74, 6) is 0.452. The van der Waals surface area contributed by atoms with Crippen LogP contribution in [0.3, 0.4) is 0 Å². The Labute approximate surface area is 151 Å². The maximum atomic E-state index is 12.6. The molecule has 1 aliphatic rings. The van der Waals surface area contributed by atoms with Crippen LogP contribution in [0.2, 0.25) is 0 Å². The summed E-state index contributed by atoms with van der Waals surface area (Å²) in [6.07, 6.45) is 2.07. The van der Waals surface area contributed by atoms with Crippen LogP contribution in [0.15, 0.2) is 36.9 Å². The van der Waals surface area contributed by atoms with Crippen molar-refractivity contribution >= 4 is 5.91 Å². The molecule has 0 aromatic heterocycles. The zero-order chi connectivity index (χ0) is 18.4. The number of nitrogens with one attached hydrogen (secondary N) is 1. The lowest BCUT2D eigenvalue weighted by Crippen LogP contribution is -2.58. The number of benzene rings is 1. The van der Waals surface area contributed by atoms with E-state index < -0.39 is 0 Å². The van der Waals surface area contributed by atoms with E-state index in [0.717, 1.165) is 13.1 Å². The molecule has 1 fully saturated rings. The van der Waals surface area contributed by atoms with Gasteiger partial charge in [0.05, 0.1) is 17.8 Å². The van der Waals surface area contributed by atoms with E-state index in [4.69, 9.17) is 9.47 Å². The SMILES string of the molecule is C=CCOc1ccccc1C(=O)NCC(C)(C)N1C[C@@H](C)O[C@H](C)C1. The molecule has 1 heterocycles. The van der Waals surface area contributed by atoms with Crippen LogP contribution in [0, 0.1) is 0 Å². The molecule has 1 aromatic rings. The second-order valence-electron chi connectivity index (χ2n) is 7.25. The first-order valence-electron chi connectivity index (χ1n) is 8.85. The predicted molar refractivity (Wildman–Crippen MR) is 100 cm³/mol. The summed E-state index contributed by atoms with van der Waals surface area (Å²) in [6.45, 7) is 14.8. The van der Waals surface area contributed by atoms with Crippen LogP contribution in [0.25, 0.3) is 0 Å². The molecule has 0 bridgehead atoms. The smallest absolute Gasteiger partial charge is 0.255 e. The summed E-state index contributed by atoms with van der Waals surface area (Å²) >= 11 is 0. The first-order valence-corrected chi connectivity index (χ1v) is 8.85. The summed E-state index contributed by atoms with van der Waals surface area (Å²) in [4.78, 5) is 15.0. The summed E-state index contributed by atoms with van der Waals surface area (Å²) in [5.41, 5.74) is 0.391. The molecule has 1 aromatic carbocycles. The van der Waals surface area contributed by atoms with Crippen molar-refractivity contribution in [2.45, 2.75) is 45.4 Å². The topological polar surface area (TPSA) is 50.8 Å². The van der Waals surface area contributed by atoms with Gasteiger partial charge in [0.15, 0.2) is 0 Å². The van der Waals surface area contributed by atoms with Crippen molar-refractivity contribution in [3.8, 4) is 5.75 Å². The number of morpholine rings is 1. The predicted octanol–water partition coefficient (Wildman–Crippen LogP) is 2.87. The second kappa shape index (κ2) is 8.50. The van der Waals surface area contributed by atoms with Gasteiger partial charge in [-0.3, -0.25) is 9.69 Å². The largest absolute Gasteiger partial charge is 0.489 e. The van der Waals surface area contributed by atoms with E-state index in [9.17, 15) is 4.79 Å². The fraction of sp³-hybridized carbons (Fsp3) is 0.550. The van der Waals surface area contributed by atoms with Crippen molar-refractivity contribution in [1.29, 1.82) is 0 Å². The lowest BCUT2D eigenvalue weighted by atomic mass is 10.00.